The molecule has 0 amide bonds. The first-order valence-electron chi connectivity index (χ1n) is 5.15. The van der Waals surface area contributed by atoms with E-state index in [0.29, 0.717) is 18.7 Å². The molecule has 1 unspecified atom stereocenters. The van der Waals surface area contributed by atoms with E-state index in [2.05, 4.69) is 31.7 Å². The summed E-state index contributed by atoms with van der Waals surface area (Å²) in [7, 11) is -2.04. The molecule has 1 atom stereocenters. The van der Waals surface area contributed by atoms with Crippen LogP contribution in [0.4, 0.5) is 0 Å². The van der Waals surface area contributed by atoms with E-state index in [1.54, 1.807) is 11.8 Å². The average Bonchev–Trinajstić information content (AvgIpc) is 2.26. The number of rotatable bonds is 6. The Kier molecular flexibility index (Phi) is 13.9. The number of nitrogens with zero attached hydrogens (tertiary/aromatic N) is 2. The van der Waals surface area contributed by atoms with E-state index in [1.165, 1.54) is 0 Å². The molecule has 0 bridgehead atoms. The van der Waals surface area contributed by atoms with Crippen molar-refractivity contribution in [3.05, 3.63) is 0 Å². The van der Waals surface area contributed by atoms with Gasteiger partial charge in [-0.15, -0.1) is 0 Å². The molecule has 0 aliphatic carbocycles. The minimum atomic E-state index is -2.04. The Bertz CT molecular complexity index is 206. The van der Waals surface area contributed by atoms with Crippen molar-refractivity contribution in [3.8, 4) is 6.19 Å². The highest BCUT2D eigenvalue weighted by Crippen LogP contribution is 2.34. The van der Waals surface area contributed by atoms with Crippen molar-refractivity contribution >= 4 is 20.5 Å². The van der Waals surface area contributed by atoms with Crippen LogP contribution in [0.2, 0.25) is 0 Å². The van der Waals surface area contributed by atoms with Crippen LogP contribution in [0.3, 0.4) is 0 Å². The Morgan fingerprint density at radius 1 is 1.35 bits per heavy atom. The van der Waals surface area contributed by atoms with E-state index in [9.17, 15) is 0 Å². The minimum absolute atomic E-state index is 0.329. The lowest BCUT2D eigenvalue weighted by atomic mass is 10.2. The van der Waals surface area contributed by atoms with Crippen LogP contribution in [0.25, 0.3) is 0 Å². The normalized spacial score (nSPS) is 11.8. The van der Waals surface area contributed by atoms with Crippen molar-refractivity contribution in [2.45, 2.75) is 46.7 Å². The van der Waals surface area contributed by atoms with Gasteiger partial charge in [0.15, 0.2) is 6.19 Å². The highest BCUT2D eigenvalue weighted by Gasteiger charge is 2.08. The molecule has 0 aromatic heterocycles. The standard InChI is InChI=1S/C7H14N2.C2H6ClO4P/c1-6(2)9(5-8)7(3)4;1-2-5-7-8(4)6-3/h6-7H,1-4H3;4H,2H2,1H3. The SMILES string of the molecule is CC(C)N(C#N)C(C)C.CCOOP(O)OCl. The Labute approximate surface area is 109 Å². The zero-order chi connectivity index (χ0) is 13.8. The highest BCUT2D eigenvalue weighted by molar-refractivity contribution is 7.41. The molecule has 0 rings (SSSR count). The van der Waals surface area contributed by atoms with E-state index >= 15 is 0 Å². The van der Waals surface area contributed by atoms with Crippen LogP contribution >= 0.6 is 20.5 Å². The maximum Gasteiger partial charge on any atom is 0.377 e. The lowest BCUT2D eigenvalue weighted by Crippen LogP contribution is -2.32. The fourth-order valence-corrected chi connectivity index (χ4v) is 1.22. The lowest BCUT2D eigenvalue weighted by molar-refractivity contribution is -0.207. The highest BCUT2D eigenvalue weighted by atomic mass is 35.5. The van der Waals surface area contributed by atoms with Crippen LogP contribution < -0.4 is 0 Å². The zero-order valence-corrected chi connectivity index (χ0v) is 12.4. The van der Waals surface area contributed by atoms with Gasteiger partial charge in [-0.3, -0.25) is 0 Å². The Morgan fingerprint density at radius 3 is 2.00 bits per heavy atom. The molecule has 0 aromatic carbocycles. The lowest BCUT2D eigenvalue weighted by Gasteiger charge is -2.23. The molecule has 0 spiro atoms. The molecular formula is C9H20ClN2O4P. The van der Waals surface area contributed by atoms with Crippen molar-refractivity contribution < 1.29 is 18.5 Å². The Morgan fingerprint density at radius 2 is 1.82 bits per heavy atom. The molecule has 8 heteroatoms. The fraction of sp³-hybridized carbons (Fsp3) is 0.889. The number of hydrogen-bond acceptors (Lipinski definition) is 6. The summed E-state index contributed by atoms with van der Waals surface area (Å²) in [6.07, 6.45) is 2.13. The average molecular weight is 287 g/mol. The van der Waals surface area contributed by atoms with Crippen LogP contribution in [0.1, 0.15) is 34.6 Å². The molecular weight excluding hydrogens is 267 g/mol. The van der Waals surface area contributed by atoms with E-state index in [0.717, 1.165) is 0 Å². The predicted octanol–water partition coefficient (Wildman–Crippen LogP) is 2.93. The number of nitriles is 1. The summed E-state index contributed by atoms with van der Waals surface area (Å²) in [6, 6.07) is 0.657. The van der Waals surface area contributed by atoms with Gasteiger partial charge in [-0.1, -0.05) is 0 Å². The molecule has 17 heavy (non-hydrogen) atoms. The van der Waals surface area contributed by atoms with Crippen LogP contribution in [-0.2, 0) is 13.6 Å². The van der Waals surface area contributed by atoms with Crippen molar-refractivity contribution in [1.29, 1.82) is 5.26 Å². The van der Waals surface area contributed by atoms with Gasteiger partial charge in [0.05, 0.1) is 18.5 Å². The van der Waals surface area contributed by atoms with E-state index in [-0.39, 0.29) is 0 Å². The van der Waals surface area contributed by atoms with Gasteiger partial charge in [0, 0.05) is 12.1 Å². The zero-order valence-electron chi connectivity index (χ0n) is 10.8. The summed E-state index contributed by atoms with van der Waals surface area (Å²) in [5.41, 5.74) is 0. The topological polar surface area (TPSA) is 75.0 Å². The molecule has 0 aliphatic rings. The van der Waals surface area contributed by atoms with E-state index in [4.69, 9.17) is 10.2 Å². The molecule has 0 saturated heterocycles. The third kappa shape index (κ3) is 12.1. The largest absolute Gasteiger partial charge is 0.377 e. The summed E-state index contributed by atoms with van der Waals surface area (Å²) in [4.78, 5) is 14.4. The van der Waals surface area contributed by atoms with Gasteiger partial charge in [-0.05, 0) is 34.6 Å². The maximum atomic E-state index is 8.54. The number of halogens is 1. The smallest absolute Gasteiger partial charge is 0.326 e. The summed E-state index contributed by atoms with van der Waals surface area (Å²) >= 11 is 4.66. The Hall–Kier alpha value is -0.150. The van der Waals surface area contributed by atoms with Crippen molar-refractivity contribution in [2.75, 3.05) is 6.61 Å². The van der Waals surface area contributed by atoms with Gasteiger partial charge in [-0.2, -0.15) is 14.0 Å². The summed E-state index contributed by atoms with van der Waals surface area (Å²) < 4.78 is 7.90. The fourth-order valence-electron chi connectivity index (χ4n) is 0.937. The molecule has 0 radical (unpaired) electrons. The van der Waals surface area contributed by atoms with E-state index < -0.39 is 8.60 Å². The molecule has 1 N–H and O–H groups in total. The van der Waals surface area contributed by atoms with Gasteiger partial charge in [0.25, 0.3) is 0 Å². The van der Waals surface area contributed by atoms with Crippen LogP contribution in [0.15, 0.2) is 0 Å². The van der Waals surface area contributed by atoms with Gasteiger partial charge in [-0.25, -0.2) is 4.89 Å². The molecule has 0 aromatic rings. The Balaban J connectivity index is 0. The van der Waals surface area contributed by atoms with Crippen LogP contribution in [-0.4, -0.2) is 28.5 Å². The monoisotopic (exact) mass is 286 g/mol. The summed E-state index contributed by atoms with van der Waals surface area (Å²) in [5.74, 6) is 0. The second-order valence-electron chi connectivity index (χ2n) is 3.48. The van der Waals surface area contributed by atoms with Crippen molar-refractivity contribution in [1.82, 2.24) is 4.90 Å². The number of hydrogen-bond donors (Lipinski definition) is 1. The molecule has 0 aliphatic heterocycles. The third-order valence-corrected chi connectivity index (χ3v) is 2.23. The van der Waals surface area contributed by atoms with Crippen molar-refractivity contribution in [3.63, 3.8) is 0 Å². The first-order chi connectivity index (χ1) is 7.90. The summed E-state index contributed by atoms with van der Waals surface area (Å²) in [5, 5.41) is 8.54. The van der Waals surface area contributed by atoms with Gasteiger partial charge >= 0.3 is 8.60 Å². The minimum Gasteiger partial charge on any atom is -0.326 e. The van der Waals surface area contributed by atoms with E-state index in [1.807, 2.05) is 27.7 Å². The molecule has 0 fully saturated rings. The maximum absolute atomic E-state index is 8.54. The second kappa shape index (κ2) is 12.3. The van der Waals surface area contributed by atoms with Gasteiger partial charge in [0.1, 0.15) is 0 Å². The molecule has 102 valence electrons. The van der Waals surface area contributed by atoms with Crippen molar-refractivity contribution in [2.24, 2.45) is 0 Å². The van der Waals surface area contributed by atoms with Crippen LogP contribution in [0, 0.1) is 11.5 Å². The van der Waals surface area contributed by atoms with Crippen LogP contribution in [0.5, 0.6) is 0 Å². The molecule has 0 heterocycles. The molecule has 0 saturated carbocycles. The predicted molar refractivity (Wildman–Crippen MR) is 66.5 cm³/mol. The van der Waals surface area contributed by atoms with Gasteiger partial charge in [0.2, 0.25) is 0 Å². The quantitative estimate of drug-likeness (QED) is 0.266. The first kappa shape index (κ1) is 19.2. The molecule has 6 nitrogen and oxygen atoms in total. The third-order valence-electron chi connectivity index (χ3n) is 1.52. The second-order valence-corrected chi connectivity index (χ2v) is 4.66. The van der Waals surface area contributed by atoms with Gasteiger partial charge < -0.3 is 9.79 Å². The summed E-state index contributed by atoms with van der Waals surface area (Å²) in [6.45, 7) is 10.1. The first-order valence-corrected chi connectivity index (χ1v) is 6.59.